The Morgan fingerprint density at radius 3 is 1.49 bits per heavy atom. The minimum Gasteiger partial charge on any atom is -0.508 e. The van der Waals surface area contributed by atoms with E-state index in [2.05, 4.69) is 17.5 Å². The van der Waals surface area contributed by atoms with Gasteiger partial charge < -0.3 is 39.2 Å². The second-order valence-electron chi connectivity index (χ2n) is 16.1. The molecule has 19 heteroatoms. The average molecular weight is 986 g/mol. The molecule has 0 aliphatic carbocycles. The molecule has 16 nitrogen and oxygen atoms in total. The van der Waals surface area contributed by atoms with E-state index >= 15 is 0 Å². The number of nitrogens with zero attached hydrogens (tertiary/aromatic N) is 4. The Morgan fingerprint density at radius 2 is 1.07 bits per heavy atom. The summed E-state index contributed by atoms with van der Waals surface area (Å²) >= 11 is 1.27. The second-order valence-corrected chi connectivity index (χ2v) is 18.7. The molecule has 4 aromatic carbocycles. The number of β-lactam (4-membered cyclic amide) rings is 2. The maximum Gasteiger partial charge on any atom is 0.385 e. The number of benzene rings is 4. The van der Waals surface area contributed by atoms with Crippen molar-refractivity contribution in [2.75, 3.05) is 76.6 Å². The third kappa shape index (κ3) is 11.8. The number of ether oxygens (including phenoxy) is 4. The zero-order valence-corrected chi connectivity index (χ0v) is 41.5. The normalized spacial score (nSPS) is 18.5. The van der Waals surface area contributed by atoms with Crippen LogP contribution in [-0.4, -0.2) is 112 Å². The van der Waals surface area contributed by atoms with Gasteiger partial charge in [-0.05, 0) is 121 Å². The summed E-state index contributed by atoms with van der Waals surface area (Å²) in [4.78, 5) is 28.5. The van der Waals surface area contributed by atoms with Gasteiger partial charge in [-0.1, -0.05) is 37.4 Å². The van der Waals surface area contributed by atoms with Gasteiger partial charge in [-0.2, -0.15) is 12.7 Å². The number of phenolic OH excluding ortho intramolecular Hbond substituents is 1. The first-order valence-electron chi connectivity index (χ1n) is 21.1. The number of methoxy groups -OCH3 is 2. The maximum absolute atomic E-state index is 12.8. The van der Waals surface area contributed by atoms with Crippen molar-refractivity contribution in [1.29, 1.82) is 0 Å². The fraction of sp³-hybridized carbons (Fsp3) is 0.375. The van der Waals surface area contributed by atoms with Crippen LogP contribution in [0, 0.1) is 41.5 Å². The van der Waals surface area contributed by atoms with Crippen LogP contribution in [0.4, 0.5) is 11.4 Å². The molecule has 4 aromatic rings. The summed E-state index contributed by atoms with van der Waals surface area (Å²) in [6, 6.07) is 17.7. The Labute approximate surface area is 402 Å². The Hall–Kier alpha value is -5.15. The van der Waals surface area contributed by atoms with Crippen LogP contribution in [0.3, 0.4) is 0 Å². The van der Waals surface area contributed by atoms with Crippen molar-refractivity contribution in [3.05, 3.63) is 129 Å². The molecule has 2 atom stereocenters. The third-order valence-corrected chi connectivity index (χ3v) is 14.5. The number of rotatable bonds is 10. The summed E-state index contributed by atoms with van der Waals surface area (Å²) in [5, 5.41) is 9.99. The highest BCUT2D eigenvalue weighted by Crippen LogP contribution is 2.46. The maximum atomic E-state index is 12.8. The van der Waals surface area contributed by atoms with Crippen molar-refractivity contribution in [2.45, 2.75) is 53.6 Å². The van der Waals surface area contributed by atoms with Gasteiger partial charge in [0, 0.05) is 72.0 Å². The zero-order valence-electron chi connectivity index (χ0n) is 39.1. The number of aromatic hydroxyl groups is 1. The fourth-order valence-corrected chi connectivity index (χ4v) is 9.54. The van der Waals surface area contributed by atoms with Crippen molar-refractivity contribution in [3.63, 3.8) is 0 Å². The van der Waals surface area contributed by atoms with E-state index in [4.69, 9.17) is 33.8 Å². The molecular formula is C48H61ClN4O12S2. The number of phenols is 1. The number of morpholine rings is 2. The van der Waals surface area contributed by atoms with E-state index in [0.717, 1.165) is 76.7 Å². The first kappa shape index (κ1) is 54.5. The van der Waals surface area contributed by atoms with Gasteiger partial charge in [-0.15, -0.1) is 0 Å². The first-order chi connectivity index (χ1) is 30.9. The smallest absolute Gasteiger partial charge is 0.385 e. The predicted octanol–water partition coefficient (Wildman–Crippen LogP) is 6.66. The van der Waals surface area contributed by atoms with E-state index in [9.17, 15) is 23.1 Å². The molecule has 0 spiro atoms. The third-order valence-electron chi connectivity index (χ3n) is 12.0. The highest BCUT2D eigenvalue weighted by molar-refractivity contribution is 8.19. The monoisotopic (exact) mass is 984 g/mol. The van der Waals surface area contributed by atoms with Crippen molar-refractivity contribution in [3.8, 4) is 23.0 Å². The summed E-state index contributed by atoms with van der Waals surface area (Å²) < 4.78 is 55.6. The highest BCUT2D eigenvalue weighted by atomic mass is 35.7. The number of aryl methyl sites for hydroxylation is 4. The quantitative estimate of drug-likeness (QED) is 0.100. The number of halogens is 1. The Kier molecular flexibility index (Phi) is 18.9. The minimum atomic E-state index is -3.97. The van der Waals surface area contributed by atoms with Crippen LogP contribution in [0.5, 0.6) is 23.0 Å². The molecule has 0 unspecified atom stereocenters. The number of hydrogen-bond donors (Lipinski definition) is 1. The topological polar surface area (TPSA) is 211 Å². The molecule has 0 radical (unpaired) electrons. The van der Waals surface area contributed by atoms with E-state index in [1.165, 1.54) is 15.5 Å². The SMILES string of the molecule is C=C1C(=O)N(c2cc(C)c(C)c(OC)c2)[C@H]1c1ccc(C)c(O)c1.C=C1C(=O)N(c2cc(C)c(C)c(OC)c2)[C@H]1c1ccc(C)c(OS(=O)(=O)N2CCOCC2)c1.ClSN1CCOCC1.O.O. The summed E-state index contributed by atoms with van der Waals surface area (Å²) in [6.07, 6.45) is 0. The lowest BCUT2D eigenvalue weighted by Gasteiger charge is -2.43. The van der Waals surface area contributed by atoms with E-state index in [1.807, 2.05) is 77.1 Å². The van der Waals surface area contributed by atoms with Gasteiger partial charge in [0.05, 0.1) is 52.7 Å². The van der Waals surface area contributed by atoms with Crippen LogP contribution < -0.4 is 23.5 Å². The van der Waals surface area contributed by atoms with Crippen molar-refractivity contribution in [2.24, 2.45) is 0 Å². The standard InChI is InChI=1S/C24H28N2O6S.C20H21NO3.C4H8ClNOS.2H2O/c1-15-6-7-19(13-21(15)32-33(28,29)25-8-10-31-11-9-25)23-18(4)24(27)26(23)20-12-16(2)17(3)22(14-20)30-5;1-11-6-7-15(9-17(11)22)19-14(4)20(23)21(19)16-8-12(2)13(3)18(10-16)24-5;5-8-6-1-3-7-4-2-6;;/h6-7,12-14,23H,4,8-11H2,1-3,5H3;6-10,19,22H,4H2,1-3,5H3;1-4H2;2*1H2/t23-;19-;;;/m11.../s1. The molecule has 4 fully saturated rings. The average Bonchev–Trinajstić information content (AvgIpc) is 3.31. The summed E-state index contributed by atoms with van der Waals surface area (Å²) in [5.74, 6) is 1.60. The summed E-state index contributed by atoms with van der Waals surface area (Å²) in [6.45, 7) is 24.1. The molecule has 0 aromatic heterocycles. The lowest BCUT2D eigenvalue weighted by molar-refractivity contribution is -0.119. The second kappa shape index (κ2) is 23.2. The van der Waals surface area contributed by atoms with Crippen LogP contribution >= 0.6 is 21.8 Å². The van der Waals surface area contributed by atoms with Gasteiger partial charge in [0.1, 0.15) is 23.0 Å². The number of carbonyl (C=O) groups excluding carboxylic acids is 2. The molecule has 8 rings (SSSR count). The van der Waals surface area contributed by atoms with E-state index in [0.29, 0.717) is 41.4 Å². The molecular weight excluding hydrogens is 924 g/mol. The van der Waals surface area contributed by atoms with Crippen LogP contribution in [0.2, 0.25) is 0 Å². The van der Waals surface area contributed by atoms with Gasteiger partial charge >= 0.3 is 10.3 Å². The Bertz CT molecular complexity index is 2580. The van der Waals surface area contributed by atoms with Crippen LogP contribution in [0.25, 0.3) is 0 Å². The predicted molar refractivity (Wildman–Crippen MR) is 263 cm³/mol. The number of hydrogen-bond acceptors (Lipinski definition) is 12. The number of amides is 2. The molecule has 67 heavy (non-hydrogen) atoms. The molecule has 0 saturated carbocycles. The Balaban J connectivity index is 0.000000252. The van der Waals surface area contributed by atoms with Crippen molar-refractivity contribution in [1.82, 2.24) is 8.61 Å². The van der Waals surface area contributed by atoms with Crippen LogP contribution in [0.15, 0.2) is 85.0 Å². The van der Waals surface area contributed by atoms with Gasteiger partial charge in [0.15, 0.2) is 0 Å². The molecule has 5 N–H and O–H groups in total. The molecule has 2 amide bonds. The van der Waals surface area contributed by atoms with Crippen molar-refractivity contribution >= 4 is 55.3 Å². The Morgan fingerprint density at radius 1 is 0.642 bits per heavy atom. The van der Waals surface area contributed by atoms with Gasteiger partial charge in [0.25, 0.3) is 11.8 Å². The first-order valence-corrected chi connectivity index (χ1v) is 24.0. The van der Waals surface area contributed by atoms with E-state index in [-0.39, 0.29) is 53.4 Å². The summed E-state index contributed by atoms with van der Waals surface area (Å²) in [5.41, 5.74) is 9.57. The number of carbonyl (C=O) groups is 2. The molecule has 4 aliphatic heterocycles. The van der Waals surface area contributed by atoms with Gasteiger partial charge in [-0.3, -0.25) is 19.4 Å². The van der Waals surface area contributed by atoms with Gasteiger partial charge in [-0.25, -0.2) is 4.31 Å². The van der Waals surface area contributed by atoms with Crippen LogP contribution in [0.1, 0.15) is 56.6 Å². The fourth-order valence-electron chi connectivity index (χ4n) is 7.73. The lowest BCUT2D eigenvalue weighted by Crippen LogP contribution is -2.49. The van der Waals surface area contributed by atoms with Gasteiger partial charge in [0.2, 0.25) is 0 Å². The zero-order chi connectivity index (χ0) is 47.3. The lowest BCUT2D eigenvalue weighted by atomic mass is 9.87. The summed E-state index contributed by atoms with van der Waals surface area (Å²) in [7, 11) is 4.72. The van der Waals surface area contributed by atoms with Crippen molar-refractivity contribution < 1.29 is 57.2 Å². The van der Waals surface area contributed by atoms with E-state index < -0.39 is 16.3 Å². The molecule has 0 bridgehead atoms. The molecule has 4 aliphatic rings. The highest BCUT2D eigenvalue weighted by Gasteiger charge is 2.44. The minimum absolute atomic E-state index is 0. The van der Waals surface area contributed by atoms with Crippen LogP contribution in [-0.2, 0) is 29.4 Å². The largest absolute Gasteiger partial charge is 0.508 e. The van der Waals surface area contributed by atoms with E-state index in [1.54, 1.807) is 49.1 Å². The molecule has 4 saturated heterocycles. The molecule has 364 valence electrons. The molecule has 4 heterocycles. The number of anilines is 2.